The zero-order valence-corrected chi connectivity index (χ0v) is 19.9. The Labute approximate surface area is 194 Å². The van der Waals surface area contributed by atoms with E-state index in [4.69, 9.17) is 16.3 Å². The summed E-state index contributed by atoms with van der Waals surface area (Å²) in [5.41, 5.74) is 1.46. The lowest BCUT2D eigenvalue weighted by Crippen LogP contribution is -2.16. The average molecular weight is 479 g/mol. The van der Waals surface area contributed by atoms with Crippen LogP contribution in [-0.4, -0.2) is 39.5 Å². The number of thiophene rings is 1. The molecular formula is C21H23ClN4O3S2. The number of halogens is 1. The number of nitrogens with one attached hydrogen (secondary N) is 1. The second-order valence-electron chi connectivity index (χ2n) is 6.58. The number of rotatable bonds is 9. The molecule has 1 aromatic carbocycles. The molecule has 0 bridgehead atoms. The lowest BCUT2D eigenvalue weighted by molar-refractivity contribution is -0.113. The van der Waals surface area contributed by atoms with Crippen molar-refractivity contribution in [1.82, 2.24) is 14.8 Å². The molecule has 0 radical (unpaired) electrons. The van der Waals surface area contributed by atoms with Gasteiger partial charge in [-0.05, 0) is 37.1 Å². The SMILES string of the molecule is CCc1cc(C(=O)OC)c(NC(=O)CSc2nnc(Cc3ccc(Cl)cc3)n2CC)s1. The van der Waals surface area contributed by atoms with Gasteiger partial charge in [-0.3, -0.25) is 4.79 Å². The molecule has 10 heteroatoms. The summed E-state index contributed by atoms with van der Waals surface area (Å²) in [6.07, 6.45) is 1.40. The lowest BCUT2D eigenvalue weighted by atomic mass is 10.1. The number of anilines is 1. The largest absolute Gasteiger partial charge is 0.465 e. The van der Waals surface area contributed by atoms with Crippen LogP contribution in [0.1, 0.15) is 40.5 Å². The number of thioether (sulfide) groups is 1. The number of carbonyl (C=O) groups is 2. The number of ether oxygens (including phenoxy) is 1. The number of hydrogen-bond acceptors (Lipinski definition) is 7. The average Bonchev–Trinajstić information content (AvgIpc) is 3.36. The topological polar surface area (TPSA) is 86.1 Å². The number of aryl methyl sites for hydroxylation is 1. The fourth-order valence-electron chi connectivity index (χ4n) is 2.92. The van der Waals surface area contributed by atoms with Crippen LogP contribution in [0.15, 0.2) is 35.5 Å². The quantitative estimate of drug-likeness (QED) is 0.355. The van der Waals surface area contributed by atoms with Gasteiger partial charge in [0.2, 0.25) is 5.91 Å². The number of esters is 1. The maximum absolute atomic E-state index is 12.5. The Bertz CT molecular complexity index is 1060. The van der Waals surface area contributed by atoms with Crippen molar-refractivity contribution in [2.24, 2.45) is 0 Å². The third-order valence-corrected chi connectivity index (χ3v) is 6.92. The van der Waals surface area contributed by atoms with E-state index in [9.17, 15) is 9.59 Å². The number of nitrogens with zero attached hydrogens (tertiary/aromatic N) is 3. The van der Waals surface area contributed by atoms with Crippen LogP contribution in [0.3, 0.4) is 0 Å². The van der Waals surface area contributed by atoms with E-state index in [-0.39, 0.29) is 11.7 Å². The monoisotopic (exact) mass is 478 g/mol. The first-order chi connectivity index (χ1) is 14.9. The maximum Gasteiger partial charge on any atom is 0.340 e. The van der Waals surface area contributed by atoms with Gasteiger partial charge in [-0.15, -0.1) is 21.5 Å². The Balaban J connectivity index is 1.65. The number of hydrogen-bond donors (Lipinski definition) is 1. The molecule has 0 saturated heterocycles. The Morgan fingerprint density at radius 3 is 2.61 bits per heavy atom. The van der Waals surface area contributed by atoms with E-state index < -0.39 is 5.97 Å². The van der Waals surface area contributed by atoms with Gasteiger partial charge in [0.15, 0.2) is 5.16 Å². The zero-order valence-electron chi connectivity index (χ0n) is 17.5. The van der Waals surface area contributed by atoms with Crippen LogP contribution >= 0.6 is 34.7 Å². The first-order valence-corrected chi connectivity index (χ1v) is 11.9. The highest BCUT2D eigenvalue weighted by molar-refractivity contribution is 7.99. The van der Waals surface area contributed by atoms with Crippen molar-refractivity contribution in [2.75, 3.05) is 18.2 Å². The van der Waals surface area contributed by atoms with Crippen molar-refractivity contribution in [2.45, 2.75) is 38.4 Å². The van der Waals surface area contributed by atoms with Gasteiger partial charge in [0, 0.05) is 22.9 Å². The van der Waals surface area contributed by atoms with Gasteiger partial charge in [-0.25, -0.2) is 4.79 Å². The van der Waals surface area contributed by atoms with Gasteiger partial charge in [0.1, 0.15) is 10.8 Å². The molecule has 0 atom stereocenters. The number of amides is 1. The molecule has 3 aromatic rings. The summed E-state index contributed by atoms with van der Waals surface area (Å²) in [5.74, 6) is 0.298. The van der Waals surface area contributed by atoms with Crippen molar-refractivity contribution >= 4 is 51.6 Å². The van der Waals surface area contributed by atoms with E-state index in [1.54, 1.807) is 6.07 Å². The normalized spacial score (nSPS) is 10.8. The lowest BCUT2D eigenvalue weighted by Gasteiger charge is -2.08. The summed E-state index contributed by atoms with van der Waals surface area (Å²) < 4.78 is 6.81. The van der Waals surface area contributed by atoms with Crippen LogP contribution in [0.4, 0.5) is 5.00 Å². The molecule has 0 aliphatic heterocycles. The Morgan fingerprint density at radius 1 is 1.23 bits per heavy atom. The van der Waals surface area contributed by atoms with Crippen LogP contribution in [0, 0.1) is 0 Å². The van der Waals surface area contributed by atoms with Crippen LogP contribution in [0.5, 0.6) is 0 Å². The summed E-state index contributed by atoms with van der Waals surface area (Å²) in [6, 6.07) is 9.38. The highest BCUT2D eigenvalue weighted by Crippen LogP contribution is 2.29. The first-order valence-electron chi connectivity index (χ1n) is 9.75. The molecule has 31 heavy (non-hydrogen) atoms. The van der Waals surface area contributed by atoms with Crippen molar-refractivity contribution in [3.63, 3.8) is 0 Å². The minimum atomic E-state index is -0.462. The summed E-state index contributed by atoms with van der Waals surface area (Å²) in [4.78, 5) is 25.5. The molecule has 0 saturated carbocycles. The third-order valence-electron chi connectivity index (χ3n) is 4.51. The second kappa shape index (κ2) is 10.8. The van der Waals surface area contributed by atoms with Crippen LogP contribution < -0.4 is 5.32 Å². The van der Waals surface area contributed by atoms with E-state index in [1.165, 1.54) is 30.2 Å². The number of aromatic nitrogens is 3. The molecular weight excluding hydrogens is 456 g/mol. The maximum atomic E-state index is 12.5. The van der Waals surface area contributed by atoms with Gasteiger partial charge >= 0.3 is 5.97 Å². The number of benzene rings is 1. The molecule has 1 amide bonds. The van der Waals surface area contributed by atoms with Crippen LogP contribution in [0.25, 0.3) is 0 Å². The summed E-state index contributed by atoms with van der Waals surface area (Å²) in [7, 11) is 1.33. The van der Waals surface area contributed by atoms with Crippen molar-refractivity contribution in [3.05, 3.63) is 57.2 Å². The summed E-state index contributed by atoms with van der Waals surface area (Å²) in [6.45, 7) is 4.70. The molecule has 7 nitrogen and oxygen atoms in total. The third kappa shape index (κ3) is 5.87. The van der Waals surface area contributed by atoms with E-state index >= 15 is 0 Å². The molecule has 0 unspecified atom stereocenters. The molecule has 2 aromatic heterocycles. The van der Waals surface area contributed by atoms with E-state index in [2.05, 4.69) is 15.5 Å². The Morgan fingerprint density at radius 2 is 1.97 bits per heavy atom. The van der Waals surface area contributed by atoms with Crippen LogP contribution in [-0.2, 0) is 28.9 Å². The molecule has 2 heterocycles. The standard InChI is InChI=1S/C21H23ClN4O3S2/c1-4-15-11-16(20(28)29-3)19(31-15)23-18(27)12-30-21-25-24-17(26(21)5-2)10-13-6-8-14(22)9-7-13/h6-9,11H,4-5,10,12H2,1-3H3,(H,23,27). The zero-order chi connectivity index (χ0) is 22.4. The molecule has 3 rings (SSSR count). The molecule has 164 valence electrons. The van der Waals surface area contributed by atoms with Gasteiger partial charge in [-0.2, -0.15) is 0 Å². The molecule has 0 spiro atoms. The predicted octanol–water partition coefficient (Wildman–Crippen LogP) is 4.68. The highest BCUT2D eigenvalue weighted by Gasteiger charge is 2.19. The predicted molar refractivity (Wildman–Crippen MR) is 124 cm³/mol. The van der Waals surface area contributed by atoms with Crippen molar-refractivity contribution in [1.29, 1.82) is 0 Å². The summed E-state index contributed by atoms with van der Waals surface area (Å²) in [5, 5.41) is 13.3. The Hall–Kier alpha value is -2.36. The minimum Gasteiger partial charge on any atom is -0.465 e. The van der Waals surface area contributed by atoms with Crippen LogP contribution in [0.2, 0.25) is 5.02 Å². The van der Waals surface area contributed by atoms with E-state index in [1.807, 2.05) is 42.7 Å². The highest BCUT2D eigenvalue weighted by atomic mass is 35.5. The van der Waals surface area contributed by atoms with Gasteiger partial charge in [-0.1, -0.05) is 42.4 Å². The van der Waals surface area contributed by atoms with E-state index in [0.29, 0.717) is 33.7 Å². The smallest absolute Gasteiger partial charge is 0.340 e. The minimum absolute atomic E-state index is 0.152. The fraction of sp³-hybridized carbons (Fsp3) is 0.333. The molecule has 1 N–H and O–H groups in total. The van der Waals surface area contributed by atoms with Crippen molar-refractivity contribution in [3.8, 4) is 0 Å². The van der Waals surface area contributed by atoms with Crippen molar-refractivity contribution < 1.29 is 14.3 Å². The van der Waals surface area contributed by atoms with E-state index in [0.717, 1.165) is 22.7 Å². The van der Waals surface area contributed by atoms with Gasteiger partial charge in [0.25, 0.3) is 0 Å². The Kier molecular flexibility index (Phi) is 8.11. The number of methoxy groups -OCH3 is 1. The molecule has 0 aliphatic carbocycles. The number of carbonyl (C=O) groups excluding carboxylic acids is 2. The first kappa shape index (κ1) is 23.3. The van der Waals surface area contributed by atoms with Gasteiger partial charge in [0.05, 0.1) is 18.4 Å². The van der Waals surface area contributed by atoms with Gasteiger partial charge < -0.3 is 14.6 Å². The molecule has 0 aliphatic rings. The summed E-state index contributed by atoms with van der Waals surface area (Å²) >= 11 is 8.64. The molecule has 0 fully saturated rings. The fourth-order valence-corrected chi connectivity index (χ4v) is 4.87. The second-order valence-corrected chi connectivity index (χ2v) is 9.10.